The van der Waals surface area contributed by atoms with Crippen molar-refractivity contribution in [2.75, 3.05) is 23.9 Å². The van der Waals surface area contributed by atoms with Crippen LogP contribution in [-0.2, 0) is 0 Å². The van der Waals surface area contributed by atoms with Gasteiger partial charge in [0.05, 0.1) is 16.8 Å². The van der Waals surface area contributed by atoms with Crippen molar-refractivity contribution in [1.29, 1.82) is 0 Å². The van der Waals surface area contributed by atoms with Crippen LogP contribution in [0.2, 0.25) is 0 Å². The highest BCUT2D eigenvalue weighted by Gasteiger charge is 2.26. The Kier molecular flexibility index (Phi) is 10.1. The molecule has 0 atom stereocenters. The van der Waals surface area contributed by atoms with Crippen LogP contribution in [0.15, 0.2) is 47.0 Å². The molecule has 2 amide bonds. The van der Waals surface area contributed by atoms with Gasteiger partial charge in [-0.05, 0) is 73.0 Å². The molecule has 0 aromatic heterocycles. The first-order valence-electron chi connectivity index (χ1n) is 9.39. The minimum Gasteiger partial charge on any atom is -0.489 e. The van der Waals surface area contributed by atoms with Crippen molar-refractivity contribution >= 4 is 75.1 Å². The van der Waals surface area contributed by atoms with Crippen molar-refractivity contribution in [1.82, 2.24) is 5.32 Å². The van der Waals surface area contributed by atoms with Crippen LogP contribution in [0.25, 0.3) is 0 Å². The Morgan fingerprint density at radius 1 is 1.22 bits per heavy atom. The number of halogens is 4. The largest absolute Gasteiger partial charge is 0.489 e. The van der Waals surface area contributed by atoms with E-state index in [2.05, 4.69) is 10.6 Å². The summed E-state index contributed by atoms with van der Waals surface area (Å²) in [5.74, 6) is -0.697. The molecule has 0 saturated carbocycles. The molecule has 2 rings (SSSR count). The number of benzene rings is 2. The van der Waals surface area contributed by atoms with Crippen LogP contribution in [0.5, 0.6) is 5.75 Å². The van der Waals surface area contributed by atoms with Crippen molar-refractivity contribution in [3.8, 4) is 5.75 Å². The van der Waals surface area contributed by atoms with E-state index >= 15 is 0 Å². The first kappa shape index (κ1) is 26.8. The molecule has 0 aliphatic carbocycles. The summed E-state index contributed by atoms with van der Waals surface area (Å²) < 4.78 is 20.5. The van der Waals surface area contributed by atoms with Crippen molar-refractivity contribution in [3.05, 3.63) is 67.5 Å². The van der Waals surface area contributed by atoms with Crippen LogP contribution in [0.3, 0.4) is 0 Å². The number of hydrogen-bond donors (Lipinski definition) is 2. The van der Waals surface area contributed by atoms with Crippen molar-refractivity contribution in [2.24, 2.45) is 0 Å². The van der Waals surface area contributed by atoms with Crippen molar-refractivity contribution < 1.29 is 18.7 Å². The van der Waals surface area contributed by atoms with E-state index in [1.807, 2.05) is 42.7 Å². The molecular weight excluding hydrogens is 589 g/mol. The van der Waals surface area contributed by atoms with E-state index in [1.54, 1.807) is 23.9 Å². The average molecular weight is 611 g/mol. The molecule has 0 saturated heterocycles. The quantitative estimate of drug-likeness (QED) is 0.329. The predicted octanol–water partition coefficient (Wildman–Crippen LogP) is 6.25. The molecular formula is C22H22Cl2FIN2O3S. The SMILES string of the molecule is CSCC(C)(C)NC(=O)c1c(I)cccc1C(=O)Nc1ccc(OCC=C(Cl)Cl)cc1F. The second-order valence-corrected chi connectivity index (χ2v) is 10.4. The number of nitrogens with one attached hydrogen (secondary N) is 2. The maximum Gasteiger partial charge on any atom is 0.256 e. The maximum atomic E-state index is 14.5. The van der Waals surface area contributed by atoms with Crippen molar-refractivity contribution in [2.45, 2.75) is 19.4 Å². The van der Waals surface area contributed by atoms with Gasteiger partial charge in [-0.2, -0.15) is 11.8 Å². The lowest BCUT2D eigenvalue weighted by atomic mass is 10.0. The standard InChI is InChI=1S/C22H22Cl2FIN2O3S/c1-22(2,12-32-3)28-21(30)19-14(5-4-6-16(19)26)20(29)27-17-8-7-13(11-15(17)25)31-10-9-18(23)24/h4-9,11H,10,12H2,1-3H3,(H,27,29)(H,28,30). The summed E-state index contributed by atoms with van der Waals surface area (Å²) in [6, 6.07) is 8.96. The Balaban J connectivity index is 2.23. The molecule has 172 valence electrons. The lowest BCUT2D eigenvalue weighted by Gasteiger charge is -2.26. The van der Waals surface area contributed by atoms with Gasteiger partial charge in [-0.25, -0.2) is 4.39 Å². The van der Waals surface area contributed by atoms with Gasteiger partial charge in [-0.15, -0.1) is 0 Å². The predicted molar refractivity (Wildman–Crippen MR) is 139 cm³/mol. The second-order valence-electron chi connectivity index (χ2n) is 7.33. The Morgan fingerprint density at radius 2 is 1.94 bits per heavy atom. The highest BCUT2D eigenvalue weighted by molar-refractivity contribution is 14.1. The Bertz CT molecular complexity index is 1030. The molecule has 0 fully saturated rings. The highest BCUT2D eigenvalue weighted by atomic mass is 127. The van der Waals surface area contributed by atoms with E-state index in [-0.39, 0.29) is 39.6 Å². The van der Waals surface area contributed by atoms with Crippen LogP contribution in [0, 0.1) is 9.39 Å². The summed E-state index contributed by atoms with van der Waals surface area (Å²) in [6.45, 7) is 3.89. The van der Waals surface area contributed by atoms with Gasteiger partial charge in [0.15, 0.2) is 0 Å². The molecule has 0 unspecified atom stereocenters. The zero-order valence-electron chi connectivity index (χ0n) is 17.6. The molecule has 0 aliphatic rings. The van der Waals surface area contributed by atoms with Crippen LogP contribution in [-0.4, -0.2) is 36.0 Å². The molecule has 2 N–H and O–H groups in total. The molecule has 2 aromatic rings. The smallest absolute Gasteiger partial charge is 0.256 e. The van der Waals surface area contributed by atoms with Gasteiger partial charge in [0, 0.05) is 20.9 Å². The van der Waals surface area contributed by atoms with Gasteiger partial charge in [0.2, 0.25) is 0 Å². The zero-order chi connectivity index (χ0) is 23.9. The Hall–Kier alpha value is -1.49. The topological polar surface area (TPSA) is 67.4 Å². The molecule has 10 heteroatoms. The lowest BCUT2D eigenvalue weighted by Crippen LogP contribution is -2.46. The monoisotopic (exact) mass is 610 g/mol. The molecule has 0 heterocycles. The average Bonchev–Trinajstić information content (AvgIpc) is 2.68. The molecule has 2 aromatic carbocycles. The van der Waals surface area contributed by atoms with Crippen molar-refractivity contribution in [3.63, 3.8) is 0 Å². The number of thioether (sulfide) groups is 1. The van der Waals surface area contributed by atoms with Gasteiger partial charge in [-0.3, -0.25) is 9.59 Å². The third-order valence-electron chi connectivity index (χ3n) is 4.12. The Morgan fingerprint density at radius 3 is 2.56 bits per heavy atom. The first-order chi connectivity index (χ1) is 15.0. The summed E-state index contributed by atoms with van der Waals surface area (Å²) in [5.41, 5.74) is -0.115. The van der Waals surface area contributed by atoms with Crippen LogP contribution in [0.1, 0.15) is 34.6 Å². The summed E-state index contributed by atoms with van der Waals surface area (Å²) in [4.78, 5) is 25.9. The Labute approximate surface area is 214 Å². The van der Waals surface area contributed by atoms with Crippen LogP contribution < -0.4 is 15.4 Å². The van der Waals surface area contributed by atoms with Gasteiger partial charge in [0.25, 0.3) is 11.8 Å². The summed E-state index contributed by atoms with van der Waals surface area (Å²) >= 11 is 14.6. The van der Waals surface area contributed by atoms with E-state index < -0.39 is 17.3 Å². The summed E-state index contributed by atoms with van der Waals surface area (Å²) in [6.07, 6.45) is 3.37. The highest BCUT2D eigenvalue weighted by Crippen LogP contribution is 2.24. The molecule has 0 bridgehead atoms. The van der Waals surface area contributed by atoms with Gasteiger partial charge in [-0.1, -0.05) is 29.3 Å². The third-order valence-corrected chi connectivity index (χ3v) is 6.34. The van der Waals surface area contributed by atoms with E-state index in [0.29, 0.717) is 9.32 Å². The minimum absolute atomic E-state index is 0.0406. The van der Waals surface area contributed by atoms with Gasteiger partial charge < -0.3 is 15.4 Å². The van der Waals surface area contributed by atoms with Gasteiger partial charge in [0.1, 0.15) is 22.7 Å². The molecule has 5 nitrogen and oxygen atoms in total. The number of anilines is 1. The molecule has 0 radical (unpaired) electrons. The van der Waals surface area contributed by atoms with Crippen LogP contribution in [0.4, 0.5) is 10.1 Å². The van der Waals surface area contributed by atoms with E-state index in [9.17, 15) is 14.0 Å². The van der Waals surface area contributed by atoms with Crippen LogP contribution >= 0.6 is 57.6 Å². The summed E-state index contributed by atoms with van der Waals surface area (Å²) in [7, 11) is 0. The maximum absolute atomic E-state index is 14.5. The summed E-state index contributed by atoms with van der Waals surface area (Å²) in [5, 5.41) is 5.49. The number of amides is 2. The third kappa shape index (κ3) is 7.83. The zero-order valence-corrected chi connectivity index (χ0v) is 22.1. The number of rotatable bonds is 9. The lowest BCUT2D eigenvalue weighted by molar-refractivity contribution is 0.0909. The fraction of sp³-hybridized carbons (Fsp3) is 0.273. The number of hydrogen-bond acceptors (Lipinski definition) is 4. The molecule has 0 aliphatic heterocycles. The number of carbonyl (C=O) groups excluding carboxylic acids is 2. The van der Waals surface area contributed by atoms with Gasteiger partial charge >= 0.3 is 0 Å². The minimum atomic E-state index is -0.686. The van der Waals surface area contributed by atoms with E-state index in [1.165, 1.54) is 24.3 Å². The molecule has 32 heavy (non-hydrogen) atoms. The fourth-order valence-electron chi connectivity index (χ4n) is 2.79. The normalized spacial score (nSPS) is 11.0. The second kappa shape index (κ2) is 12.1. The van der Waals surface area contributed by atoms with E-state index in [4.69, 9.17) is 27.9 Å². The van der Waals surface area contributed by atoms with E-state index in [0.717, 1.165) is 6.07 Å². The number of ether oxygens (including phenoxy) is 1. The molecule has 0 spiro atoms. The number of carbonyl (C=O) groups is 2. The fourth-order valence-corrected chi connectivity index (χ4v) is 4.45. The first-order valence-corrected chi connectivity index (χ1v) is 12.6.